The van der Waals surface area contributed by atoms with Crippen LogP contribution in [0.5, 0.6) is 5.75 Å². The fourth-order valence-electron chi connectivity index (χ4n) is 5.29. The maximum Gasteiger partial charge on any atom is 0.303 e. The first kappa shape index (κ1) is 25.2. The van der Waals surface area contributed by atoms with Crippen LogP contribution in [0, 0.1) is 5.82 Å². The zero-order valence-corrected chi connectivity index (χ0v) is 20.8. The number of carboxylic acids is 1. The van der Waals surface area contributed by atoms with Gasteiger partial charge in [-0.15, -0.1) is 0 Å². The number of halogens is 1. The highest BCUT2D eigenvalue weighted by Crippen LogP contribution is 2.47. The van der Waals surface area contributed by atoms with Gasteiger partial charge in [-0.3, -0.25) is 19.3 Å². The largest absolute Gasteiger partial charge is 0.497 e. The van der Waals surface area contributed by atoms with E-state index in [-0.39, 0.29) is 31.0 Å². The normalized spacial score (nSPS) is 18.7. The molecule has 2 aliphatic rings. The highest BCUT2D eigenvalue weighted by Gasteiger charge is 2.41. The number of ether oxygens (including phenoxy) is 1. The molecule has 3 aromatic rings. The zero-order chi connectivity index (χ0) is 26.8. The Balaban J connectivity index is 1.67. The lowest BCUT2D eigenvalue weighted by Crippen LogP contribution is -2.38. The second-order valence-corrected chi connectivity index (χ2v) is 9.45. The van der Waals surface area contributed by atoms with E-state index in [0.29, 0.717) is 40.4 Å². The third-order valence-electron chi connectivity index (χ3n) is 7.06. The standard InChI is InChI=1S/C30H27FN2O5/c1-38-22-6-4-5-19(15-22)20-16-24-29(26(34)17-20)30(18-9-11-21(31)12-10-18)33(27(35)13-14-28(36)37)25-8-3-2-7-23(25)32-24/h2-12,15,20,30,32H,13-14,16-17H2,1H3,(H,36,37)/t20-,30-/m1/s1. The van der Waals surface area contributed by atoms with Crippen molar-refractivity contribution < 1.29 is 28.6 Å². The second-order valence-electron chi connectivity index (χ2n) is 9.45. The highest BCUT2D eigenvalue weighted by atomic mass is 19.1. The van der Waals surface area contributed by atoms with Crippen LogP contribution in [0.15, 0.2) is 84.1 Å². The van der Waals surface area contributed by atoms with Gasteiger partial charge in [0.1, 0.15) is 11.6 Å². The molecule has 1 aliphatic carbocycles. The number of carboxylic acid groups (broad SMARTS) is 1. The van der Waals surface area contributed by atoms with Gasteiger partial charge in [0, 0.05) is 24.1 Å². The minimum absolute atomic E-state index is 0.112. The summed E-state index contributed by atoms with van der Waals surface area (Å²) in [5, 5.41) is 12.7. The molecule has 0 aromatic heterocycles. The molecule has 38 heavy (non-hydrogen) atoms. The number of hydrogen-bond acceptors (Lipinski definition) is 5. The summed E-state index contributed by atoms with van der Waals surface area (Å²) in [7, 11) is 1.60. The van der Waals surface area contributed by atoms with Gasteiger partial charge in [0.2, 0.25) is 5.91 Å². The van der Waals surface area contributed by atoms with Crippen LogP contribution in [0.2, 0.25) is 0 Å². The molecule has 0 saturated heterocycles. The Bertz CT molecular complexity index is 1430. The molecule has 1 heterocycles. The summed E-state index contributed by atoms with van der Waals surface area (Å²) < 4.78 is 19.3. The van der Waals surface area contributed by atoms with Crippen LogP contribution in [0.1, 0.15) is 48.8 Å². The van der Waals surface area contributed by atoms with Crippen LogP contribution in [0.25, 0.3) is 0 Å². The number of amides is 1. The number of anilines is 2. The Hall–Kier alpha value is -4.46. The van der Waals surface area contributed by atoms with Crippen molar-refractivity contribution in [1.29, 1.82) is 0 Å². The fraction of sp³-hybridized carbons (Fsp3) is 0.233. The number of para-hydroxylation sites is 2. The molecule has 2 atom stereocenters. The summed E-state index contributed by atoms with van der Waals surface area (Å²) in [6.45, 7) is 0. The second kappa shape index (κ2) is 10.5. The Morgan fingerprint density at radius 2 is 1.76 bits per heavy atom. The average molecular weight is 515 g/mol. The van der Waals surface area contributed by atoms with Crippen LogP contribution < -0.4 is 15.0 Å². The van der Waals surface area contributed by atoms with E-state index in [4.69, 9.17) is 4.74 Å². The lowest BCUT2D eigenvalue weighted by Gasteiger charge is -2.35. The van der Waals surface area contributed by atoms with Crippen molar-refractivity contribution in [3.63, 3.8) is 0 Å². The molecular weight excluding hydrogens is 487 g/mol. The molecule has 0 spiro atoms. The van der Waals surface area contributed by atoms with Crippen molar-refractivity contribution in [1.82, 2.24) is 0 Å². The van der Waals surface area contributed by atoms with E-state index >= 15 is 0 Å². The summed E-state index contributed by atoms with van der Waals surface area (Å²) >= 11 is 0. The molecule has 2 N–H and O–H groups in total. The van der Waals surface area contributed by atoms with E-state index in [0.717, 1.165) is 5.56 Å². The first-order valence-corrected chi connectivity index (χ1v) is 12.4. The molecule has 7 nitrogen and oxygen atoms in total. The van der Waals surface area contributed by atoms with Crippen LogP contribution >= 0.6 is 0 Å². The minimum atomic E-state index is -1.09. The number of carbonyl (C=O) groups is 3. The zero-order valence-electron chi connectivity index (χ0n) is 20.8. The minimum Gasteiger partial charge on any atom is -0.497 e. The molecule has 0 radical (unpaired) electrons. The van der Waals surface area contributed by atoms with Crippen LogP contribution in [-0.4, -0.2) is 29.9 Å². The van der Waals surface area contributed by atoms with E-state index in [1.54, 1.807) is 31.4 Å². The number of methoxy groups -OCH3 is 1. The third kappa shape index (κ3) is 4.89. The van der Waals surface area contributed by atoms with Gasteiger partial charge in [0.25, 0.3) is 0 Å². The molecule has 1 aliphatic heterocycles. The van der Waals surface area contributed by atoms with E-state index in [9.17, 15) is 23.9 Å². The highest BCUT2D eigenvalue weighted by molar-refractivity contribution is 6.06. The van der Waals surface area contributed by atoms with Gasteiger partial charge >= 0.3 is 5.97 Å². The van der Waals surface area contributed by atoms with Gasteiger partial charge in [-0.1, -0.05) is 36.4 Å². The Morgan fingerprint density at radius 3 is 2.50 bits per heavy atom. The third-order valence-corrected chi connectivity index (χ3v) is 7.06. The Morgan fingerprint density at radius 1 is 1.00 bits per heavy atom. The monoisotopic (exact) mass is 514 g/mol. The number of fused-ring (bicyclic) bond motifs is 1. The molecule has 0 fully saturated rings. The van der Waals surface area contributed by atoms with Crippen molar-refractivity contribution in [2.45, 2.75) is 37.6 Å². The van der Waals surface area contributed by atoms with Crippen molar-refractivity contribution in [3.05, 3.63) is 101 Å². The van der Waals surface area contributed by atoms with E-state index in [1.807, 2.05) is 36.4 Å². The molecule has 8 heteroatoms. The van der Waals surface area contributed by atoms with Crippen molar-refractivity contribution in [3.8, 4) is 5.75 Å². The van der Waals surface area contributed by atoms with E-state index in [1.165, 1.54) is 17.0 Å². The Labute approximate surface area is 219 Å². The number of ketones is 1. The molecule has 3 aromatic carbocycles. The lowest BCUT2D eigenvalue weighted by molar-refractivity contribution is -0.138. The summed E-state index contributed by atoms with van der Waals surface area (Å²) in [6.07, 6.45) is 0.139. The number of hydrogen-bond donors (Lipinski definition) is 2. The number of benzene rings is 3. The molecule has 0 unspecified atom stereocenters. The van der Waals surface area contributed by atoms with Crippen LogP contribution in [0.4, 0.5) is 15.8 Å². The van der Waals surface area contributed by atoms with E-state index < -0.39 is 23.7 Å². The van der Waals surface area contributed by atoms with Crippen molar-refractivity contribution in [2.24, 2.45) is 0 Å². The van der Waals surface area contributed by atoms with Crippen LogP contribution in [0.3, 0.4) is 0 Å². The van der Waals surface area contributed by atoms with Gasteiger partial charge in [0.05, 0.1) is 30.9 Å². The number of nitrogens with zero attached hydrogens (tertiary/aromatic N) is 1. The maximum absolute atomic E-state index is 13.9. The van der Waals surface area contributed by atoms with E-state index in [2.05, 4.69) is 5.32 Å². The lowest BCUT2D eigenvalue weighted by atomic mass is 9.78. The summed E-state index contributed by atoms with van der Waals surface area (Å²) in [4.78, 5) is 40.3. The molecule has 5 rings (SSSR count). The molecule has 1 amide bonds. The molecular formula is C30H27FN2O5. The number of allylic oxidation sites excluding steroid dienone is 1. The number of rotatable bonds is 6. The topological polar surface area (TPSA) is 95.9 Å². The van der Waals surface area contributed by atoms with Crippen molar-refractivity contribution in [2.75, 3.05) is 17.3 Å². The van der Waals surface area contributed by atoms with Crippen LogP contribution in [-0.2, 0) is 14.4 Å². The summed E-state index contributed by atoms with van der Waals surface area (Å²) in [6, 6.07) is 19.7. The first-order chi connectivity index (χ1) is 18.4. The van der Waals surface area contributed by atoms with Gasteiger partial charge in [-0.05, 0) is 59.9 Å². The van der Waals surface area contributed by atoms with Crippen molar-refractivity contribution >= 4 is 29.0 Å². The maximum atomic E-state index is 13.9. The summed E-state index contributed by atoms with van der Waals surface area (Å²) in [5.41, 5.74) is 3.80. The average Bonchev–Trinajstić information content (AvgIpc) is 3.07. The van der Waals surface area contributed by atoms with Gasteiger partial charge in [-0.2, -0.15) is 0 Å². The quantitative estimate of drug-likeness (QED) is 0.445. The molecule has 0 saturated carbocycles. The van der Waals surface area contributed by atoms with Gasteiger partial charge in [0.15, 0.2) is 5.78 Å². The fourth-order valence-corrected chi connectivity index (χ4v) is 5.29. The number of aliphatic carboxylic acids is 1. The smallest absolute Gasteiger partial charge is 0.303 e. The van der Waals surface area contributed by atoms with Gasteiger partial charge in [-0.25, -0.2) is 4.39 Å². The van der Waals surface area contributed by atoms with Gasteiger partial charge < -0.3 is 15.2 Å². The molecule has 0 bridgehead atoms. The Kier molecular flexibility index (Phi) is 6.96. The predicted octanol–water partition coefficient (Wildman–Crippen LogP) is 5.60. The summed E-state index contributed by atoms with van der Waals surface area (Å²) in [5.74, 6) is -1.51. The predicted molar refractivity (Wildman–Crippen MR) is 141 cm³/mol. The number of Topliss-reactive ketones (excluding diaryl/α,β-unsaturated/α-hetero) is 1. The number of nitrogens with one attached hydrogen (secondary N) is 1. The molecule has 194 valence electrons. The SMILES string of the molecule is COc1cccc([C@H]2CC(=O)C3=C(C2)Nc2ccccc2N(C(=O)CCC(=O)O)[C@@H]3c2ccc(F)cc2)c1. The first-order valence-electron chi connectivity index (χ1n) is 12.4. The number of carbonyl (C=O) groups excluding carboxylic acids is 2.